The van der Waals surface area contributed by atoms with Crippen LogP contribution in [0.5, 0.6) is 5.88 Å². The van der Waals surface area contributed by atoms with Gasteiger partial charge in [0.1, 0.15) is 12.8 Å². The molecule has 0 radical (unpaired) electrons. The minimum atomic E-state index is -2.26. The van der Waals surface area contributed by atoms with Gasteiger partial charge in [-0.25, -0.2) is 14.6 Å². The second kappa shape index (κ2) is 13.1. The van der Waals surface area contributed by atoms with E-state index in [0.717, 1.165) is 5.56 Å². The Morgan fingerprint density at radius 3 is 2.12 bits per heavy atom. The first-order valence-electron chi connectivity index (χ1n) is 14.1. The molecule has 10 heteroatoms. The number of carboxylic acids is 1. The second-order valence-electron chi connectivity index (χ2n) is 13.0. The third kappa shape index (κ3) is 8.30. The normalized spacial score (nSPS) is 12.8. The highest BCUT2D eigenvalue weighted by molar-refractivity contribution is 6.74. The number of ether oxygens (including phenoxy) is 2. The molecular weight excluding hydrogens is 564 g/mol. The number of nitrogens with zero attached hydrogens (tertiary/aromatic N) is 1. The molecule has 0 aliphatic rings. The maximum absolute atomic E-state index is 13.6. The summed E-state index contributed by atoms with van der Waals surface area (Å²) in [4.78, 5) is 43.3. The summed E-state index contributed by atoms with van der Waals surface area (Å²) in [6.07, 6.45) is -0.599. The minimum absolute atomic E-state index is 0.00532. The number of esters is 1. The van der Waals surface area contributed by atoms with Crippen LogP contribution >= 0.6 is 0 Å². The first-order valence-corrected chi connectivity index (χ1v) is 17.0. The molecule has 9 nitrogen and oxygen atoms in total. The van der Waals surface area contributed by atoms with Gasteiger partial charge in [-0.15, -0.1) is 0 Å². The van der Waals surface area contributed by atoms with E-state index in [-0.39, 0.29) is 45.5 Å². The van der Waals surface area contributed by atoms with E-state index < -0.39 is 37.8 Å². The van der Waals surface area contributed by atoms with Gasteiger partial charge >= 0.3 is 11.9 Å². The van der Waals surface area contributed by atoms with Crippen LogP contribution in [0.1, 0.15) is 78.3 Å². The molecule has 0 saturated carbocycles. The number of pyridine rings is 1. The van der Waals surface area contributed by atoms with Crippen LogP contribution in [0.15, 0.2) is 60.7 Å². The minimum Gasteiger partial charge on any atom is -0.481 e. The summed E-state index contributed by atoms with van der Waals surface area (Å²) >= 11 is 0. The Morgan fingerprint density at radius 2 is 1.56 bits per heavy atom. The number of methoxy groups -OCH3 is 1. The number of carboxylic acid groups (broad SMARTS) is 1. The molecule has 1 heterocycles. The van der Waals surface area contributed by atoms with E-state index in [0.29, 0.717) is 0 Å². The van der Waals surface area contributed by atoms with Crippen molar-refractivity contribution >= 4 is 26.2 Å². The molecule has 1 atom stereocenters. The zero-order valence-corrected chi connectivity index (χ0v) is 27.4. The molecular formula is C33H42N2O7Si. The van der Waals surface area contributed by atoms with Crippen molar-refractivity contribution in [2.75, 3.05) is 7.11 Å². The average Bonchev–Trinajstić information content (AvgIpc) is 2.94. The molecule has 230 valence electrons. The van der Waals surface area contributed by atoms with Gasteiger partial charge in [-0.3, -0.25) is 4.79 Å². The van der Waals surface area contributed by atoms with E-state index in [1.54, 1.807) is 6.07 Å². The lowest BCUT2D eigenvalue weighted by atomic mass is 9.93. The maximum Gasteiger partial charge on any atom is 0.355 e. The summed E-state index contributed by atoms with van der Waals surface area (Å²) in [7, 11) is -0.875. The van der Waals surface area contributed by atoms with Gasteiger partial charge in [-0.2, -0.15) is 0 Å². The van der Waals surface area contributed by atoms with Crippen LogP contribution in [-0.4, -0.2) is 49.6 Å². The summed E-state index contributed by atoms with van der Waals surface area (Å²) in [5.41, 5.74) is 0.710. The van der Waals surface area contributed by atoms with Gasteiger partial charge in [0, 0.05) is 22.6 Å². The summed E-state index contributed by atoms with van der Waals surface area (Å²) in [6, 6.07) is 16.7. The van der Waals surface area contributed by atoms with Crippen LogP contribution in [0.2, 0.25) is 18.1 Å². The summed E-state index contributed by atoms with van der Waals surface area (Å²) < 4.78 is 17.3. The van der Waals surface area contributed by atoms with Crippen LogP contribution in [0.3, 0.4) is 0 Å². The molecule has 0 saturated heterocycles. The molecule has 2 N–H and O–H groups in total. The highest BCUT2D eigenvalue weighted by Crippen LogP contribution is 2.39. The third-order valence-electron chi connectivity index (χ3n) is 7.55. The first kappa shape index (κ1) is 33.5. The standard InChI is InChI=1S/C33H42N2O7Si/c1-32(2,3)31(42-43(8,9)33(4,5)6)35-28(36)22-15-16-23(24-17-18-26(40-7)34-27(24)29(37)38)25(19-22)30(39)41-20-21-13-11-10-12-14-21/h10-19,31H,20H2,1-9H3,(H,35,36)(H,37,38)/t31-/m0/s1. The van der Waals surface area contributed by atoms with E-state index in [9.17, 15) is 19.5 Å². The first-order chi connectivity index (χ1) is 19.9. The van der Waals surface area contributed by atoms with Gasteiger partial charge in [-0.1, -0.05) is 77.9 Å². The van der Waals surface area contributed by atoms with Crippen LogP contribution in [0.4, 0.5) is 0 Å². The number of hydrogen-bond donors (Lipinski definition) is 2. The average molecular weight is 607 g/mol. The maximum atomic E-state index is 13.6. The van der Waals surface area contributed by atoms with Gasteiger partial charge in [0.2, 0.25) is 5.88 Å². The van der Waals surface area contributed by atoms with E-state index >= 15 is 0 Å². The molecule has 0 spiro atoms. The Balaban J connectivity index is 2.06. The van der Waals surface area contributed by atoms with E-state index in [1.165, 1.54) is 31.4 Å². The van der Waals surface area contributed by atoms with Gasteiger partial charge in [0.15, 0.2) is 14.0 Å². The highest BCUT2D eigenvalue weighted by Gasteiger charge is 2.42. The monoisotopic (exact) mass is 606 g/mol. The lowest BCUT2D eigenvalue weighted by Crippen LogP contribution is -2.54. The molecule has 0 unspecified atom stereocenters. The molecule has 0 aliphatic heterocycles. The number of hydrogen-bond acceptors (Lipinski definition) is 7. The van der Waals surface area contributed by atoms with Gasteiger partial charge in [0.05, 0.1) is 12.7 Å². The molecule has 0 bridgehead atoms. The van der Waals surface area contributed by atoms with Gasteiger partial charge in [0.25, 0.3) is 5.91 Å². The lowest BCUT2D eigenvalue weighted by molar-refractivity contribution is 0.0379. The zero-order chi connectivity index (χ0) is 32.2. The van der Waals surface area contributed by atoms with Crippen molar-refractivity contribution in [3.05, 3.63) is 83.0 Å². The smallest absolute Gasteiger partial charge is 0.355 e. The van der Waals surface area contributed by atoms with Crippen molar-refractivity contribution in [1.29, 1.82) is 0 Å². The molecule has 2 aromatic carbocycles. The Hall–Kier alpha value is -4.02. The Labute approximate surface area is 254 Å². The number of benzene rings is 2. The van der Waals surface area contributed by atoms with Crippen molar-refractivity contribution in [2.24, 2.45) is 5.41 Å². The van der Waals surface area contributed by atoms with E-state index in [1.807, 2.05) is 51.1 Å². The molecule has 1 aromatic heterocycles. The largest absolute Gasteiger partial charge is 0.481 e. The van der Waals surface area contributed by atoms with Crippen molar-refractivity contribution in [3.63, 3.8) is 0 Å². The number of amides is 1. The second-order valence-corrected chi connectivity index (χ2v) is 17.7. The fourth-order valence-electron chi connectivity index (χ4n) is 3.92. The van der Waals surface area contributed by atoms with Crippen LogP contribution < -0.4 is 10.1 Å². The summed E-state index contributed by atoms with van der Waals surface area (Å²) in [5, 5.41) is 12.8. The Morgan fingerprint density at radius 1 is 0.930 bits per heavy atom. The van der Waals surface area contributed by atoms with Crippen LogP contribution in [0, 0.1) is 5.41 Å². The zero-order valence-electron chi connectivity index (χ0n) is 26.4. The number of aromatic nitrogens is 1. The number of carbonyl (C=O) groups is 3. The molecule has 0 fully saturated rings. The Bertz CT molecular complexity index is 1470. The summed E-state index contributed by atoms with van der Waals surface area (Å²) in [6.45, 7) is 16.6. The fourth-order valence-corrected chi connectivity index (χ4v) is 5.28. The number of nitrogens with one attached hydrogen (secondary N) is 1. The van der Waals surface area contributed by atoms with Gasteiger partial charge in [-0.05, 0) is 47.5 Å². The SMILES string of the molecule is COc1ccc(-c2ccc(C(=O)N[C@@H](O[Si](C)(C)C(C)(C)C)C(C)(C)C)cc2C(=O)OCc2ccccc2)c(C(=O)O)n1. The quantitative estimate of drug-likeness (QED) is 0.145. The third-order valence-corrected chi connectivity index (χ3v) is 12.0. The predicted molar refractivity (Wildman–Crippen MR) is 168 cm³/mol. The Kier molecular flexibility index (Phi) is 10.2. The van der Waals surface area contributed by atoms with Crippen molar-refractivity contribution in [1.82, 2.24) is 10.3 Å². The van der Waals surface area contributed by atoms with Crippen molar-refractivity contribution < 1.29 is 33.4 Å². The van der Waals surface area contributed by atoms with E-state index in [2.05, 4.69) is 44.2 Å². The molecule has 3 rings (SSSR count). The van der Waals surface area contributed by atoms with E-state index in [4.69, 9.17) is 13.9 Å². The molecule has 43 heavy (non-hydrogen) atoms. The number of carbonyl (C=O) groups excluding carboxylic acids is 2. The molecule has 0 aliphatic carbocycles. The number of aromatic carboxylic acids is 1. The summed E-state index contributed by atoms with van der Waals surface area (Å²) in [5.74, 6) is -2.34. The fraction of sp³-hybridized carbons (Fsp3) is 0.394. The van der Waals surface area contributed by atoms with Crippen molar-refractivity contribution in [3.8, 4) is 17.0 Å². The van der Waals surface area contributed by atoms with Crippen molar-refractivity contribution in [2.45, 2.75) is 72.5 Å². The van der Waals surface area contributed by atoms with Gasteiger partial charge < -0.3 is 24.3 Å². The lowest BCUT2D eigenvalue weighted by Gasteiger charge is -2.43. The predicted octanol–water partition coefficient (Wildman–Crippen LogP) is 6.94. The molecule has 1 amide bonds. The highest BCUT2D eigenvalue weighted by atomic mass is 28.4. The van der Waals surface area contributed by atoms with Crippen LogP contribution in [0.25, 0.3) is 11.1 Å². The van der Waals surface area contributed by atoms with Crippen LogP contribution in [-0.2, 0) is 15.8 Å². The molecule has 3 aromatic rings. The topological polar surface area (TPSA) is 124 Å². The number of rotatable bonds is 10.